The summed E-state index contributed by atoms with van der Waals surface area (Å²) >= 11 is 0. The normalized spacial score (nSPS) is 25.8. The van der Waals surface area contributed by atoms with E-state index in [0.717, 1.165) is 17.9 Å². The molecule has 1 aliphatic heterocycles. The van der Waals surface area contributed by atoms with E-state index in [1.54, 1.807) is 6.20 Å². The molecule has 1 aromatic rings. The summed E-state index contributed by atoms with van der Waals surface area (Å²) in [5.41, 5.74) is 6.75. The summed E-state index contributed by atoms with van der Waals surface area (Å²) in [6.07, 6.45) is 1.85. The molecule has 0 aliphatic carbocycles. The van der Waals surface area contributed by atoms with Gasteiger partial charge in [-0.25, -0.2) is 0 Å². The molecule has 2 unspecified atom stereocenters. The van der Waals surface area contributed by atoms with Crippen molar-refractivity contribution in [2.45, 2.75) is 26.0 Å². The van der Waals surface area contributed by atoms with Gasteiger partial charge in [0.25, 0.3) is 0 Å². The molecule has 0 saturated carbocycles. The van der Waals surface area contributed by atoms with Crippen molar-refractivity contribution in [1.29, 1.82) is 0 Å². The Morgan fingerprint density at radius 2 is 2.44 bits per heavy atom. The fourth-order valence-corrected chi connectivity index (χ4v) is 1.87. The fourth-order valence-electron chi connectivity index (χ4n) is 1.87. The second-order valence-corrected chi connectivity index (χ2v) is 4.28. The predicted molar refractivity (Wildman–Crippen MR) is 62.4 cm³/mol. The van der Waals surface area contributed by atoms with Crippen molar-refractivity contribution in [2.75, 3.05) is 24.6 Å². The van der Waals surface area contributed by atoms with Crippen molar-refractivity contribution in [3.8, 4) is 0 Å². The van der Waals surface area contributed by atoms with E-state index >= 15 is 0 Å². The number of aryl methyl sites for hydroxylation is 1. The molecule has 1 fully saturated rings. The van der Waals surface area contributed by atoms with Crippen molar-refractivity contribution >= 4 is 5.82 Å². The number of nitrogens with zero attached hydrogens (tertiary/aromatic N) is 3. The lowest BCUT2D eigenvalue weighted by atomic mass is 10.2. The highest BCUT2D eigenvalue weighted by molar-refractivity contribution is 5.41. The highest BCUT2D eigenvalue weighted by Crippen LogP contribution is 2.19. The van der Waals surface area contributed by atoms with Crippen LogP contribution >= 0.6 is 0 Å². The Morgan fingerprint density at radius 3 is 3.12 bits per heavy atom. The highest BCUT2D eigenvalue weighted by atomic mass is 16.5. The molecule has 0 amide bonds. The first-order chi connectivity index (χ1) is 7.70. The zero-order valence-corrected chi connectivity index (χ0v) is 9.76. The lowest BCUT2D eigenvalue weighted by molar-refractivity contribution is 0.0279. The minimum atomic E-state index is 0.0958. The molecular formula is C11H18N4O. The zero-order valence-electron chi connectivity index (χ0n) is 9.76. The van der Waals surface area contributed by atoms with Crippen molar-refractivity contribution < 1.29 is 4.74 Å². The maximum Gasteiger partial charge on any atom is 0.151 e. The minimum absolute atomic E-state index is 0.0958. The lowest BCUT2D eigenvalue weighted by Gasteiger charge is -2.38. The van der Waals surface area contributed by atoms with Gasteiger partial charge in [-0.15, -0.1) is 5.10 Å². The van der Waals surface area contributed by atoms with Gasteiger partial charge < -0.3 is 15.4 Å². The molecule has 2 heterocycles. The van der Waals surface area contributed by atoms with Gasteiger partial charge in [0.2, 0.25) is 0 Å². The van der Waals surface area contributed by atoms with Gasteiger partial charge in [-0.05, 0) is 25.5 Å². The number of nitrogens with two attached hydrogens (primary N) is 1. The Balaban J connectivity index is 2.17. The van der Waals surface area contributed by atoms with E-state index in [1.807, 2.05) is 13.0 Å². The van der Waals surface area contributed by atoms with Crippen LogP contribution in [0.5, 0.6) is 0 Å². The Hall–Kier alpha value is -1.20. The SMILES string of the molecule is Cc1cnnc(N2CC(CN)OCC2C)c1. The monoisotopic (exact) mass is 222 g/mol. The summed E-state index contributed by atoms with van der Waals surface area (Å²) in [7, 11) is 0. The van der Waals surface area contributed by atoms with E-state index in [1.165, 1.54) is 0 Å². The summed E-state index contributed by atoms with van der Waals surface area (Å²) in [6, 6.07) is 2.36. The molecular weight excluding hydrogens is 204 g/mol. The number of rotatable bonds is 2. The quantitative estimate of drug-likeness (QED) is 0.781. The zero-order chi connectivity index (χ0) is 11.5. The van der Waals surface area contributed by atoms with E-state index in [9.17, 15) is 0 Å². The van der Waals surface area contributed by atoms with Gasteiger partial charge in [0.1, 0.15) is 0 Å². The number of ether oxygens (including phenoxy) is 1. The molecule has 0 radical (unpaired) electrons. The van der Waals surface area contributed by atoms with Crippen LogP contribution in [0.2, 0.25) is 0 Å². The van der Waals surface area contributed by atoms with Crippen LogP contribution in [-0.2, 0) is 4.74 Å². The Kier molecular flexibility index (Phi) is 3.36. The largest absolute Gasteiger partial charge is 0.373 e. The molecule has 0 aromatic carbocycles. The molecule has 5 heteroatoms. The first-order valence-corrected chi connectivity index (χ1v) is 5.58. The van der Waals surface area contributed by atoms with E-state index in [-0.39, 0.29) is 6.10 Å². The smallest absolute Gasteiger partial charge is 0.151 e. The second kappa shape index (κ2) is 4.76. The first kappa shape index (κ1) is 11.3. The molecule has 2 rings (SSSR count). The van der Waals surface area contributed by atoms with Crippen LogP contribution in [0, 0.1) is 6.92 Å². The molecule has 1 saturated heterocycles. The molecule has 1 aromatic heterocycles. The number of aromatic nitrogens is 2. The molecule has 16 heavy (non-hydrogen) atoms. The van der Waals surface area contributed by atoms with Crippen LogP contribution in [-0.4, -0.2) is 42.0 Å². The highest BCUT2D eigenvalue weighted by Gasteiger charge is 2.26. The predicted octanol–water partition coefficient (Wildman–Crippen LogP) is 0.337. The maximum absolute atomic E-state index is 5.63. The molecule has 2 atom stereocenters. The van der Waals surface area contributed by atoms with Crippen LogP contribution in [0.3, 0.4) is 0 Å². The Labute approximate surface area is 95.6 Å². The van der Waals surface area contributed by atoms with E-state index in [0.29, 0.717) is 19.2 Å². The molecule has 0 bridgehead atoms. The average Bonchev–Trinajstić information content (AvgIpc) is 2.30. The average molecular weight is 222 g/mol. The first-order valence-electron chi connectivity index (χ1n) is 5.58. The molecule has 0 spiro atoms. The Morgan fingerprint density at radius 1 is 1.62 bits per heavy atom. The third-order valence-corrected chi connectivity index (χ3v) is 2.84. The minimum Gasteiger partial charge on any atom is -0.373 e. The Bertz CT molecular complexity index is 358. The summed E-state index contributed by atoms with van der Waals surface area (Å²) in [4.78, 5) is 2.21. The lowest BCUT2D eigenvalue weighted by Crippen LogP contribution is -2.51. The molecule has 2 N–H and O–H groups in total. The summed E-state index contributed by atoms with van der Waals surface area (Å²) in [6.45, 7) is 6.16. The standard InChI is InChI=1S/C11H18N4O/c1-8-3-11(14-13-5-8)15-6-10(4-12)16-7-9(15)2/h3,5,9-10H,4,6-7,12H2,1-2H3. The topological polar surface area (TPSA) is 64.3 Å². The number of anilines is 1. The van der Waals surface area contributed by atoms with Crippen LogP contribution in [0.4, 0.5) is 5.82 Å². The third kappa shape index (κ3) is 2.31. The van der Waals surface area contributed by atoms with Crippen LogP contribution < -0.4 is 10.6 Å². The molecule has 5 nitrogen and oxygen atoms in total. The number of hydrogen-bond donors (Lipinski definition) is 1. The van der Waals surface area contributed by atoms with Crippen LogP contribution in [0.15, 0.2) is 12.3 Å². The van der Waals surface area contributed by atoms with Crippen molar-refractivity contribution in [2.24, 2.45) is 5.73 Å². The maximum atomic E-state index is 5.63. The summed E-state index contributed by atoms with van der Waals surface area (Å²) < 4.78 is 5.61. The van der Waals surface area contributed by atoms with E-state index in [2.05, 4.69) is 22.0 Å². The number of morpholine rings is 1. The van der Waals surface area contributed by atoms with Crippen LogP contribution in [0.25, 0.3) is 0 Å². The van der Waals surface area contributed by atoms with Gasteiger partial charge in [0.05, 0.1) is 24.9 Å². The van der Waals surface area contributed by atoms with Crippen molar-refractivity contribution in [3.05, 3.63) is 17.8 Å². The van der Waals surface area contributed by atoms with Crippen LogP contribution in [0.1, 0.15) is 12.5 Å². The van der Waals surface area contributed by atoms with E-state index in [4.69, 9.17) is 10.5 Å². The summed E-state index contributed by atoms with van der Waals surface area (Å²) in [5.74, 6) is 0.911. The van der Waals surface area contributed by atoms with Gasteiger partial charge in [-0.2, -0.15) is 5.10 Å². The second-order valence-electron chi connectivity index (χ2n) is 4.28. The van der Waals surface area contributed by atoms with E-state index < -0.39 is 0 Å². The van der Waals surface area contributed by atoms with Gasteiger partial charge in [-0.1, -0.05) is 0 Å². The third-order valence-electron chi connectivity index (χ3n) is 2.84. The molecule has 88 valence electrons. The van der Waals surface area contributed by atoms with Gasteiger partial charge in [-0.3, -0.25) is 0 Å². The molecule has 1 aliphatic rings. The fraction of sp³-hybridized carbons (Fsp3) is 0.636. The van der Waals surface area contributed by atoms with Gasteiger partial charge >= 0.3 is 0 Å². The summed E-state index contributed by atoms with van der Waals surface area (Å²) in [5, 5.41) is 8.14. The number of hydrogen-bond acceptors (Lipinski definition) is 5. The van der Waals surface area contributed by atoms with Crippen molar-refractivity contribution in [3.63, 3.8) is 0 Å². The van der Waals surface area contributed by atoms with Gasteiger partial charge in [0, 0.05) is 13.1 Å². The van der Waals surface area contributed by atoms with Crippen molar-refractivity contribution in [1.82, 2.24) is 10.2 Å². The van der Waals surface area contributed by atoms with Gasteiger partial charge in [0.15, 0.2) is 5.82 Å².